The molecule has 1 amide bonds. The molecule has 0 bridgehead atoms. The zero-order valence-electron chi connectivity index (χ0n) is 10.3. The van der Waals surface area contributed by atoms with E-state index < -0.39 is 10.8 Å². The number of nitrogen functional groups attached to an aromatic ring is 1. The lowest BCUT2D eigenvalue weighted by Gasteiger charge is -2.23. The maximum absolute atomic E-state index is 12.1. The molecule has 0 spiro atoms. The lowest BCUT2D eigenvalue weighted by atomic mass is 10.1. The fourth-order valence-corrected chi connectivity index (χ4v) is 2.01. The van der Waals surface area contributed by atoms with Gasteiger partial charge in [-0.25, -0.2) is 0 Å². The first-order chi connectivity index (χ1) is 9.08. The van der Waals surface area contributed by atoms with E-state index in [0.29, 0.717) is 18.9 Å². The number of carbonyl (C=O) groups excluding carboxylic acids is 1. The average Bonchev–Trinajstić information content (AvgIpc) is 2.39. The van der Waals surface area contributed by atoms with Crippen molar-refractivity contribution in [2.45, 2.75) is 18.9 Å². The number of benzene rings is 1. The van der Waals surface area contributed by atoms with Crippen molar-refractivity contribution < 1.29 is 14.5 Å². The number of nitrogens with two attached hydrogens (primary N) is 1. The predicted octanol–water partition coefficient (Wildman–Crippen LogP) is 1.09. The van der Waals surface area contributed by atoms with Crippen molar-refractivity contribution in [2.24, 2.45) is 0 Å². The predicted molar refractivity (Wildman–Crippen MR) is 68.8 cm³/mol. The summed E-state index contributed by atoms with van der Waals surface area (Å²) in [7, 11) is 0. The largest absolute Gasteiger partial charge is 0.399 e. The molecular weight excluding hydrogens is 250 g/mol. The Morgan fingerprint density at radius 1 is 1.53 bits per heavy atom. The first kappa shape index (κ1) is 13.3. The van der Waals surface area contributed by atoms with Gasteiger partial charge in [-0.15, -0.1) is 0 Å². The van der Waals surface area contributed by atoms with Crippen molar-refractivity contribution in [3.05, 3.63) is 33.9 Å². The summed E-state index contributed by atoms with van der Waals surface area (Å²) < 4.78 is 5.25. The molecule has 1 unspecified atom stereocenters. The molecule has 7 nitrogen and oxygen atoms in total. The van der Waals surface area contributed by atoms with Crippen molar-refractivity contribution in [1.82, 2.24) is 5.32 Å². The van der Waals surface area contributed by atoms with Crippen LogP contribution in [0.5, 0.6) is 0 Å². The quantitative estimate of drug-likeness (QED) is 0.483. The number of nitro groups is 1. The summed E-state index contributed by atoms with van der Waals surface area (Å²) in [5.74, 6) is -0.491. The molecule has 1 atom stereocenters. The number of rotatable bonds is 3. The van der Waals surface area contributed by atoms with Crippen LogP contribution in [0.2, 0.25) is 0 Å². The number of hydrogen-bond acceptors (Lipinski definition) is 5. The van der Waals surface area contributed by atoms with Crippen molar-refractivity contribution >= 4 is 17.3 Å². The van der Waals surface area contributed by atoms with Crippen LogP contribution in [-0.2, 0) is 4.74 Å². The Labute approximate surface area is 109 Å². The third-order valence-electron chi connectivity index (χ3n) is 2.96. The van der Waals surface area contributed by atoms with E-state index in [1.165, 1.54) is 18.2 Å². The van der Waals surface area contributed by atoms with Gasteiger partial charge in [0.15, 0.2) is 0 Å². The number of nitrogens with zero attached hydrogens (tertiary/aromatic N) is 1. The average molecular weight is 265 g/mol. The van der Waals surface area contributed by atoms with Gasteiger partial charge in [0, 0.05) is 18.4 Å². The minimum atomic E-state index is -0.592. The summed E-state index contributed by atoms with van der Waals surface area (Å²) in [5, 5.41) is 13.6. The Bertz CT molecular complexity index is 498. The van der Waals surface area contributed by atoms with Crippen molar-refractivity contribution in [2.75, 3.05) is 18.9 Å². The smallest absolute Gasteiger partial charge is 0.282 e. The van der Waals surface area contributed by atoms with E-state index in [1.54, 1.807) is 0 Å². The third kappa shape index (κ3) is 3.19. The van der Waals surface area contributed by atoms with E-state index in [9.17, 15) is 14.9 Å². The molecule has 0 aromatic heterocycles. The van der Waals surface area contributed by atoms with Crippen LogP contribution in [0.4, 0.5) is 11.4 Å². The van der Waals surface area contributed by atoms with Crippen LogP contribution >= 0.6 is 0 Å². The summed E-state index contributed by atoms with van der Waals surface area (Å²) in [4.78, 5) is 22.4. The number of nitro benzene ring substituents is 1. The molecule has 1 aliphatic rings. The molecule has 1 heterocycles. The molecule has 0 saturated carbocycles. The van der Waals surface area contributed by atoms with Gasteiger partial charge >= 0.3 is 0 Å². The molecule has 1 fully saturated rings. The summed E-state index contributed by atoms with van der Waals surface area (Å²) in [6.07, 6.45) is 1.67. The number of nitrogens with one attached hydrogen (secondary N) is 1. The fraction of sp³-hybridized carbons (Fsp3) is 0.417. The number of ether oxygens (including phenoxy) is 1. The maximum atomic E-state index is 12.1. The topological polar surface area (TPSA) is 107 Å². The van der Waals surface area contributed by atoms with E-state index in [2.05, 4.69) is 5.32 Å². The molecule has 2 rings (SSSR count). The molecule has 1 aliphatic heterocycles. The summed E-state index contributed by atoms with van der Waals surface area (Å²) >= 11 is 0. The van der Waals surface area contributed by atoms with Gasteiger partial charge < -0.3 is 15.8 Å². The van der Waals surface area contributed by atoms with E-state index in [4.69, 9.17) is 10.5 Å². The van der Waals surface area contributed by atoms with Crippen LogP contribution < -0.4 is 11.1 Å². The number of anilines is 1. The highest BCUT2D eigenvalue weighted by Gasteiger charge is 2.23. The minimum absolute atomic E-state index is 0.0180. The molecule has 0 aliphatic carbocycles. The van der Waals surface area contributed by atoms with Crippen LogP contribution in [0.25, 0.3) is 0 Å². The van der Waals surface area contributed by atoms with Gasteiger partial charge in [-0.2, -0.15) is 0 Å². The van der Waals surface area contributed by atoms with Gasteiger partial charge in [-0.1, -0.05) is 0 Å². The first-order valence-electron chi connectivity index (χ1n) is 6.00. The van der Waals surface area contributed by atoms with Crippen LogP contribution in [0.3, 0.4) is 0 Å². The fourth-order valence-electron chi connectivity index (χ4n) is 2.01. The molecule has 1 aromatic rings. The third-order valence-corrected chi connectivity index (χ3v) is 2.96. The van der Waals surface area contributed by atoms with Gasteiger partial charge in [0.25, 0.3) is 11.6 Å². The van der Waals surface area contributed by atoms with Gasteiger partial charge in [0.05, 0.1) is 17.6 Å². The van der Waals surface area contributed by atoms with E-state index >= 15 is 0 Å². The second-order valence-corrected chi connectivity index (χ2v) is 4.42. The molecule has 19 heavy (non-hydrogen) atoms. The highest BCUT2D eigenvalue weighted by atomic mass is 16.6. The molecular formula is C12H15N3O4. The van der Waals surface area contributed by atoms with Crippen molar-refractivity contribution in [1.29, 1.82) is 0 Å². The van der Waals surface area contributed by atoms with Gasteiger partial charge in [-0.3, -0.25) is 14.9 Å². The van der Waals surface area contributed by atoms with Gasteiger partial charge in [-0.05, 0) is 25.0 Å². The lowest BCUT2D eigenvalue weighted by molar-refractivity contribution is -0.385. The normalized spacial score (nSPS) is 18.8. The summed E-state index contributed by atoms with van der Waals surface area (Å²) in [6.45, 7) is 1.12. The van der Waals surface area contributed by atoms with Crippen molar-refractivity contribution in [3.63, 3.8) is 0 Å². The zero-order chi connectivity index (χ0) is 13.8. The second-order valence-electron chi connectivity index (χ2n) is 4.42. The second kappa shape index (κ2) is 5.66. The highest BCUT2D eigenvalue weighted by molar-refractivity contribution is 5.99. The van der Waals surface area contributed by atoms with Crippen LogP contribution in [0.1, 0.15) is 23.2 Å². The first-order valence-corrected chi connectivity index (χ1v) is 6.00. The Morgan fingerprint density at radius 3 is 2.95 bits per heavy atom. The van der Waals surface area contributed by atoms with E-state index in [1.807, 2.05) is 0 Å². The maximum Gasteiger partial charge on any atom is 0.282 e. The van der Waals surface area contributed by atoms with Crippen LogP contribution in [0, 0.1) is 10.1 Å². The monoisotopic (exact) mass is 265 g/mol. The van der Waals surface area contributed by atoms with E-state index in [0.717, 1.165) is 12.8 Å². The molecule has 0 radical (unpaired) electrons. The summed E-state index contributed by atoms with van der Waals surface area (Å²) in [6, 6.07) is 3.85. The molecule has 1 aromatic carbocycles. The summed E-state index contributed by atoms with van der Waals surface area (Å²) in [5.41, 5.74) is 5.62. The molecule has 3 N–H and O–H groups in total. The lowest BCUT2D eigenvalue weighted by Crippen LogP contribution is -2.40. The Hall–Kier alpha value is -2.15. The van der Waals surface area contributed by atoms with Crippen LogP contribution in [-0.4, -0.2) is 30.1 Å². The SMILES string of the molecule is Nc1ccc([N+](=O)[O-])c(C(=O)NC2CCCOC2)c1. The Morgan fingerprint density at radius 2 is 2.32 bits per heavy atom. The van der Waals surface area contributed by atoms with Gasteiger partial charge in [0.2, 0.25) is 0 Å². The number of carbonyl (C=O) groups is 1. The molecule has 102 valence electrons. The standard InChI is InChI=1S/C12H15N3O4/c13-8-3-4-11(15(17)18)10(6-8)12(16)14-9-2-1-5-19-7-9/h3-4,6,9H,1-2,5,7,13H2,(H,14,16). The highest BCUT2D eigenvalue weighted by Crippen LogP contribution is 2.21. The van der Waals surface area contributed by atoms with E-state index in [-0.39, 0.29) is 17.3 Å². The molecule has 1 saturated heterocycles. The number of amides is 1. The zero-order valence-corrected chi connectivity index (χ0v) is 10.3. The van der Waals surface area contributed by atoms with Gasteiger partial charge in [0.1, 0.15) is 5.56 Å². The number of hydrogen-bond donors (Lipinski definition) is 2. The van der Waals surface area contributed by atoms with Crippen LogP contribution in [0.15, 0.2) is 18.2 Å². The Balaban J connectivity index is 2.17. The minimum Gasteiger partial charge on any atom is -0.399 e. The molecule has 7 heteroatoms. The Kier molecular flexibility index (Phi) is 3.96. The van der Waals surface area contributed by atoms with Crippen molar-refractivity contribution in [3.8, 4) is 0 Å².